The van der Waals surface area contributed by atoms with Gasteiger partial charge in [0.25, 0.3) is 5.91 Å². The van der Waals surface area contributed by atoms with Gasteiger partial charge in [-0.3, -0.25) is 4.79 Å². The third-order valence-electron chi connectivity index (χ3n) is 5.03. The van der Waals surface area contributed by atoms with Crippen molar-refractivity contribution in [2.45, 2.75) is 44.7 Å². The number of methoxy groups -OCH3 is 1. The second kappa shape index (κ2) is 10.3. The number of amides is 1. The molecule has 3 rings (SSSR count). The molecule has 1 aliphatic rings. The summed E-state index contributed by atoms with van der Waals surface area (Å²) in [6.45, 7) is 0.716. The number of hydrogen-bond donors (Lipinski definition) is 2. The zero-order valence-electron chi connectivity index (χ0n) is 16.2. The molecule has 1 amide bonds. The first-order valence-corrected chi connectivity index (χ1v) is 10.2. The lowest BCUT2D eigenvalue weighted by atomic mass is 9.95. The van der Waals surface area contributed by atoms with E-state index in [4.69, 9.17) is 21.1 Å². The van der Waals surface area contributed by atoms with Crippen molar-refractivity contribution in [3.8, 4) is 11.5 Å². The molecule has 2 aromatic carbocycles. The van der Waals surface area contributed by atoms with Crippen molar-refractivity contribution >= 4 is 23.2 Å². The lowest BCUT2D eigenvalue weighted by molar-refractivity contribution is -0.706. The van der Waals surface area contributed by atoms with Crippen molar-refractivity contribution < 1.29 is 19.6 Å². The number of carbonyl (C=O) groups excluding carboxylic acids is 1. The number of quaternary nitrogens is 1. The van der Waals surface area contributed by atoms with Gasteiger partial charge in [-0.1, -0.05) is 36.2 Å². The zero-order valence-corrected chi connectivity index (χ0v) is 17.0. The van der Waals surface area contributed by atoms with Gasteiger partial charge in [-0.15, -0.1) is 0 Å². The maximum Gasteiger partial charge on any atom is 0.262 e. The minimum absolute atomic E-state index is 0.140. The highest BCUT2D eigenvalue weighted by Crippen LogP contribution is 2.36. The molecule has 0 aliphatic heterocycles. The van der Waals surface area contributed by atoms with E-state index in [0.717, 1.165) is 17.8 Å². The highest BCUT2D eigenvalue weighted by atomic mass is 35.5. The quantitative estimate of drug-likeness (QED) is 0.705. The van der Waals surface area contributed by atoms with E-state index in [1.807, 2.05) is 42.5 Å². The number of ether oxygens (including phenoxy) is 2. The summed E-state index contributed by atoms with van der Waals surface area (Å²) in [7, 11) is 1.58. The first-order valence-electron chi connectivity index (χ1n) is 9.83. The number of nitrogens with two attached hydrogens (primary N) is 1. The van der Waals surface area contributed by atoms with Crippen molar-refractivity contribution in [2.24, 2.45) is 0 Å². The smallest absolute Gasteiger partial charge is 0.262 e. The summed E-state index contributed by atoms with van der Waals surface area (Å²) in [6, 6.07) is 13.8. The number of nitrogens with one attached hydrogen (secondary N) is 1. The molecule has 1 saturated carbocycles. The Kier molecular flexibility index (Phi) is 7.57. The molecule has 3 N–H and O–H groups in total. The van der Waals surface area contributed by atoms with E-state index in [0.29, 0.717) is 22.6 Å². The van der Waals surface area contributed by atoms with Crippen LogP contribution in [0.25, 0.3) is 0 Å². The molecule has 0 bridgehead atoms. The third-order valence-corrected chi connectivity index (χ3v) is 5.31. The van der Waals surface area contributed by atoms with Gasteiger partial charge in [-0.2, -0.15) is 0 Å². The van der Waals surface area contributed by atoms with E-state index in [2.05, 4.69) is 10.6 Å². The Morgan fingerprint density at radius 2 is 1.93 bits per heavy atom. The normalized spacial score (nSPS) is 14.5. The Morgan fingerprint density at radius 1 is 1.18 bits per heavy atom. The lowest BCUT2D eigenvalue weighted by Crippen LogP contribution is -2.88. The van der Waals surface area contributed by atoms with Gasteiger partial charge >= 0.3 is 0 Å². The van der Waals surface area contributed by atoms with Crippen molar-refractivity contribution in [1.82, 2.24) is 0 Å². The largest absolute Gasteiger partial charge is 0.493 e. The van der Waals surface area contributed by atoms with Gasteiger partial charge in [0.15, 0.2) is 18.1 Å². The topological polar surface area (TPSA) is 64.2 Å². The maximum absolute atomic E-state index is 12.1. The number of benzene rings is 2. The Bertz CT molecular complexity index is 777. The molecule has 28 heavy (non-hydrogen) atoms. The number of carbonyl (C=O) groups is 1. The Hall–Kier alpha value is -2.24. The number of rotatable bonds is 8. The number of hydrogen-bond acceptors (Lipinski definition) is 3. The summed E-state index contributed by atoms with van der Waals surface area (Å²) in [5.74, 6) is 0.694. The summed E-state index contributed by atoms with van der Waals surface area (Å²) in [4.78, 5) is 12.1. The summed E-state index contributed by atoms with van der Waals surface area (Å²) in [5.41, 5.74) is 1.82. The average molecular weight is 404 g/mol. The Morgan fingerprint density at radius 3 is 2.64 bits per heavy atom. The van der Waals surface area contributed by atoms with Crippen LogP contribution in [-0.2, 0) is 11.3 Å². The molecule has 0 spiro atoms. The van der Waals surface area contributed by atoms with Crippen LogP contribution in [0, 0.1) is 0 Å². The van der Waals surface area contributed by atoms with Crippen LogP contribution in [0.3, 0.4) is 0 Å². The molecule has 0 heterocycles. The molecule has 150 valence electrons. The van der Waals surface area contributed by atoms with Crippen LogP contribution in [0.1, 0.15) is 37.7 Å². The summed E-state index contributed by atoms with van der Waals surface area (Å²) in [6.07, 6.45) is 6.56. The first-order chi connectivity index (χ1) is 13.7. The highest BCUT2D eigenvalue weighted by molar-refractivity contribution is 6.32. The van der Waals surface area contributed by atoms with Gasteiger partial charge in [0.1, 0.15) is 6.54 Å². The SMILES string of the molecule is COc1cc(C[NH2+]C2CCCCC2)cc(Cl)c1OCC(=O)Nc1ccccc1. The van der Waals surface area contributed by atoms with Gasteiger partial charge in [0.05, 0.1) is 18.2 Å². The second-order valence-electron chi connectivity index (χ2n) is 7.15. The van der Waals surface area contributed by atoms with Crippen molar-refractivity contribution in [1.29, 1.82) is 0 Å². The molecule has 0 unspecified atom stereocenters. The molecule has 5 nitrogen and oxygen atoms in total. The fourth-order valence-corrected chi connectivity index (χ4v) is 3.85. The van der Waals surface area contributed by atoms with E-state index >= 15 is 0 Å². The van der Waals surface area contributed by atoms with Crippen molar-refractivity contribution in [3.05, 3.63) is 53.1 Å². The average Bonchev–Trinajstić information content (AvgIpc) is 2.72. The second-order valence-corrected chi connectivity index (χ2v) is 7.56. The van der Waals surface area contributed by atoms with Gasteiger partial charge in [-0.25, -0.2) is 0 Å². The molecule has 0 atom stereocenters. The molecule has 2 aromatic rings. The fraction of sp³-hybridized carbons (Fsp3) is 0.409. The van der Waals surface area contributed by atoms with Crippen LogP contribution in [0.4, 0.5) is 5.69 Å². The summed E-state index contributed by atoms with van der Waals surface area (Å²) >= 11 is 6.43. The van der Waals surface area contributed by atoms with Crippen LogP contribution >= 0.6 is 11.6 Å². The minimum atomic E-state index is -0.251. The van der Waals surface area contributed by atoms with Crippen LogP contribution in [0.5, 0.6) is 11.5 Å². The lowest BCUT2D eigenvalue weighted by Gasteiger charge is -2.20. The molecule has 0 saturated heterocycles. The van der Waals surface area contributed by atoms with E-state index < -0.39 is 0 Å². The van der Waals surface area contributed by atoms with Gasteiger partial charge in [0.2, 0.25) is 0 Å². The van der Waals surface area contributed by atoms with Crippen LogP contribution in [0.15, 0.2) is 42.5 Å². The highest BCUT2D eigenvalue weighted by Gasteiger charge is 2.18. The van der Waals surface area contributed by atoms with Crippen LogP contribution < -0.4 is 20.1 Å². The fourth-order valence-electron chi connectivity index (χ4n) is 3.56. The number of anilines is 1. The monoisotopic (exact) mass is 403 g/mol. The van der Waals surface area contributed by atoms with Crippen LogP contribution in [0.2, 0.25) is 5.02 Å². The number of halogens is 1. The van der Waals surface area contributed by atoms with E-state index in [9.17, 15) is 4.79 Å². The predicted molar refractivity (Wildman–Crippen MR) is 111 cm³/mol. The molecular formula is C22H28ClN2O3+. The van der Waals surface area contributed by atoms with E-state index in [1.165, 1.54) is 32.1 Å². The number of para-hydroxylation sites is 1. The minimum Gasteiger partial charge on any atom is -0.493 e. The third kappa shape index (κ3) is 5.88. The van der Waals surface area contributed by atoms with Gasteiger partial charge in [0, 0.05) is 11.3 Å². The maximum atomic E-state index is 12.1. The van der Waals surface area contributed by atoms with Crippen molar-refractivity contribution in [3.63, 3.8) is 0 Å². The van der Waals surface area contributed by atoms with Crippen molar-refractivity contribution in [2.75, 3.05) is 19.0 Å². The van der Waals surface area contributed by atoms with Gasteiger partial charge in [-0.05, 0) is 49.9 Å². The van der Waals surface area contributed by atoms with Crippen LogP contribution in [-0.4, -0.2) is 25.7 Å². The molecule has 0 aromatic heterocycles. The van der Waals surface area contributed by atoms with Gasteiger partial charge < -0.3 is 20.1 Å². The van der Waals surface area contributed by atoms with E-state index in [-0.39, 0.29) is 12.5 Å². The molecule has 1 aliphatic carbocycles. The standard InChI is InChI=1S/C22H27ClN2O3/c1-27-20-13-16(14-24-17-8-4-2-5-9-17)12-19(23)22(20)28-15-21(26)25-18-10-6-3-7-11-18/h3,6-7,10-13,17,24H,2,4-5,8-9,14-15H2,1H3,(H,25,26)/p+1. The molecule has 6 heteroatoms. The van der Waals surface area contributed by atoms with E-state index in [1.54, 1.807) is 7.11 Å². The Labute approximate surface area is 171 Å². The molecule has 0 radical (unpaired) electrons. The molecule has 1 fully saturated rings. The Balaban J connectivity index is 1.58. The zero-order chi connectivity index (χ0) is 19.8. The summed E-state index contributed by atoms with van der Waals surface area (Å²) in [5, 5.41) is 5.63. The molecular weight excluding hydrogens is 376 g/mol. The predicted octanol–water partition coefficient (Wildman–Crippen LogP) is 3.76. The summed E-state index contributed by atoms with van der Waals surface area (Å²) < 4.78 is 11.1. The first kappa shape index (κ1) is 20.5.